The Morgan fingerprint density at radius 3 is 2.70 bits per heavy atom. The normalized spacial score (nSPS) is 15.1. The molecule has 0 saturated heterocycles. The van der Waals surface area contributed by atoms with Gasteiger partial charge in [0.15, 0.2) is 0 Å². The van der Waals surface area contributed by atoms with Crippen LogP contribution in [0.4, 0.5) is 5.69 Å². The zero-order valence-corrected chi connectivity index (χ0v) is 15.9. The summed E-state index contributed by atoms with van der Waals surface area (Å²) >= 11 is 5.90. The minimum absolute atomic E-state index is 0.0188. The second-order valence-electron chi connectivity index (χ2n) is 6.97. The number of anilines is 1. The van der Waals surface area contributed by atoms with Crippen molar-refractivity contribution in [2.75, 3.05) is 25.5 Å². The van der Waals surface area contributed by atoms with Gasteiger partial charge < -0.3 is 19.9 Å². The van der Waals surface area contributed by atoms with E-state index in [1.807, 2.05) is 41.9 Å². The number of aliphatic hydroxyl groups excluding tert-OH is 1. The van der Waals surface area contributed by atoms with Crippen molar-refractivity contribution in [3.63, 3.8) is 0 Å². The van der Waals surface area contributed by atoms with Crippen LogP contribution in [0.25, 0.3) is 10.9 Å². The summed E-state index contributed by atoms with van der Waals surface area (Å²) in [5.74, 6) is 0.0188. The fraction of sp³-hybridized carbons (Fsp3) is 0.286. The first-order valence-electron chi connectivity index (χ1n) is 9.07. The number of benzene rings is 2. The van der Waals surface area contributed by atoms with Gasteiger partial charge in [-0.05, 0) is 42.3 Å². The fourth-order valence-electron chi connectivity index (χ4n) is 3.70. The summed E-state index contributed by atoms with van der Waals surface area (Å²) < 4.78 is 1.97. The molecule has 0 fully saturated rings. The lowest BCUT2D eigenvalue weighted by Crippen LogP contribution is -2.36. The van der Waals surface area contributed by atoms with Gasteiger partial charge in [-0.3, -0.25) is 4.79 Å². The van der Waals surface area contributed by atoms with Gasteiger partial charge in [-0.25, -0.2) is 0 Å². The molecule has 0 bridgehead atoms. The molecule has 2 heterocycles. The number of nitrogens with one attached hydrogen (secondary N) is 1. The molecule has 1 amide bonds. The van der Waals surface area contributed by atoms with E-state index in [0.29, 0.717) is 23.8 Å². The predicted octanol–water partition coefficient (Wildman–Crippen LogP) is 3.40. The lowest BCUT2D eigenvalue weighted by molar-refractivity contribution is 0.0765. The molecule has 0 saturated carbocycles. The Balaban J connectivity index is 1.59. The Kier molecular flexibility index (Phi) is 4.81. The Hall–Kier alpha value is -2.50. The van der Waals surface area contributed by atoms with Crippen molar-refractivity contribution in [2.24, 2.45) is 0 Å². The van der Waals surface area contributed by atoms with Crippen molar-refractivity contribution < 1.29 is 9.90 Å². The maximum Gasteiger partial charge on any atom is 0.270 e. The van der Waals surface area contributed by atoms with Gasteiger partial charge in [0, 0.05) is 41.8 Å². The van der Waals surface area contributed by atoms with E-state index in [4.69, 9.17) is 11.6 Å². The second kappa shape index (κ2) is 7.25. The third-order valence-corrected chi connectivity index (χ3v) is 5.35. The first-order chi connectivity index (χ1) is 13.0. The molecular formula is C21H22ClN3O2. The van der Waals surface area contributed by atoms with E-state index in [1.54, 1.807) is 17.0 Å². The van der Waals surface area contributed by atoms with Crippen LogP contribution in [0, 0.1) is 0 Å². The van der Waals surface area contributed by atoms with E-state index < -0.39 is 6.10 Å². The van der Waals surface area contributed by atoms with Crippen LogP contribution in [0.2, 0.25) is 5.02 Å². The van der Waals surface area contributed by atoms with Crippen LogP contribution in [-0.4, -0.2) is 46.7 Å². The molecule has 1 aliphatic heterocycles. The summed E-state index contributed by atoms with van der Waals surface area (Å²) in [4.78, 5) is 14.5. The number of amides is 1. The van der Waals surface area contributed by atoms with Gasteiger partial charge in [0.1, 0.15) is 5.69 Å². The third kappa shape index (κ3) is 3.40. The van der Waals surface area contributed by atoms with Gasteiger partial charge in [0.25, 0.3) is 5.91 Å². The molecule has 0 unspecified atom stereocenters. The summed E-state index contributed by atoms with van der Waals surface area (Å²) in [5.41, 5.74) is 3.69. The van der Waals surface area contributed by atoms with Crippen LogP contribution in [0.3, 0.4) is 0 Å². The molecule has 5 nitrogen and oxygen atoms in total. The third-order valence-electron chi connectivity index (χ3n) is 5.10. The minimum Gasteiger partial charge on any atom is -0.389 e. The lowest BCUT2D eigenvalue weighted by atomic mass is 10.0. The van der Waals surface area contributed by atoms with Crippen LogP contribution in [0.5, 0.6) is 0 Å². The monoisotopic (exact) mass is 383 g/mol. The average Bonchev–Trinajstić information content (AvgIpc) is 2.99. The summed E-state index contributed by atoms with van der Waals surface area (Å²) in [5, 5.41) is 15.6. The molecule has 0 aliphatic carbocycles. The zero-order chi connectivity index (χ0) is 19.0. The molecule has 1 aliphatic rings. The van der Waals surface area contributed by atoms with Crippen LogP contribution in [-0.2, 0) is 13.0 Å². The number of aromatic nitrogens is 1. The van der Waals surface area contributed by atoms with Crippen molar-refractivity contribution in [1.29, 1.82) is 0 Å². The van der Waals surface area contributed by atoms with Crippen molar-refractivity contribution >= 4 is 34.1 Å². The summed E-state index contributed by atoms with van der Waals surface area (Å²) in [6.07, 6.45) is 0.199. The molecule has 0 radical (unpaired) electrons. The molecule has 2 aromatic carbocycles. The molecule has 1 atom stereocenters. The van der Waals surface area contributed by atoms with Gasteiger partial charge in [0.05, 0.1) is 12.6 Å². The largest absolute Gasteiger partial charge is 0.389 e. The molecule has 27 heavy (non-hydrogen) atoms. The van der Waals surface area contributed by atoms with E-state index in [1.165, 1.54) is 0 Å². The van der Waals surface area contributed by atoms with Gasteiger partial charge >= 0.3 is 0 Å². The van der Waals surface area contributed by atoms with Crippen LogP contribution in [0.15, 0.2) is 48.5 Å². The topological polar surface area (TPSA) is 57.5 Å². The standard InChI is InChI=1S/C21H22ClN3O2/c1-24-11-10-18-17-4-2-3-5-19(17)25(20(18)21(24)27)13-16(26)12-23-15-8-6-14(22)7-9-15/h2-9,16,23,26H,10-13H2,1H3/t16-/m1/s1. The molecule has 4 rings (SSSR count). The number of para-hydroxylation sites is 1. The molecule has 1 aromatic heterocycles. The number of aliphatic hydroxyl groups is 1. The van der Waals surface area contributed by atoms with Crippen molar-refractivity contribution in [3.05, 3.63) is 64.8 Å². The van der Waals surface area contributed by atoms with E-state index >= 15 is 0 Å². The predicted molar refractivity (Wildman–Crippen MR) is 109 cm³/mol. The molecule has 0 spiro atoms. The highest BCUT2D eigenvalue weighted by Gasteiger charge is 2.29. The summed E-state index contributed by atoms with van der Waals surface area (Å²) in [7, 11) is 1.83. The Labute approximate surface area is 163 Å². The Morgan fingerprint density at radius 1 is 1.19 bits per heavy atom. The number of likely N-dealkylation sites (N-methyl/N-ethyl adjacent to an activating group) is 1. The van der Waals surface area contributed by atoms with Crippen molar-refractivity contribution in [1.82, 2.24) is 9.47 Å². The zero-order valence-electron chi connectivity index (χ0n) is 15.2. The Morgan fingerprint density at radius 2 is 1.93 bits per heavy atom. The highest BCUT2D eigenvalue weighted by molar-refractivity contribution is 6.30. The number of carbonyl (C=O) groups excluding carboxylic acids is 1. The van der Waals surface area contributed by atoms with E-state index in [-0.39, 0.29) is 5.91 Å². The quantitative estimate of drug-likeness (QED) is 0.710. The molecular weight excluding hydrogens is 362 g/mol. The van der Waals surface area contributed by atoms with E-state index in [9.17, 15) is 9.90 Å². The molecule has 6 heteroatoms. The number of halogens is 1. The number of fused-ring (bicyclic) bond motifs is 3. The van der Waals surface area contributed by atoms with Gasteiger partial charge in [-0.15, -0.1) is 0 Å². The van der Waals surface area contributed by atoms with E-state index in [0.717, 1.165) is 35.1 Å². The number of rotatable bonds is 5. The van der Waals surface area contributed by atoms with Crippen molar-refractivity contribution in [2.45, 2.75) is 19.1 Å². The maximum absolute atomic E-state index is 12.8. The van der Waals surface area contributed by atoms with Crippen molar-refractivity contribution in [3.8, 4) is 0 Å². The average molecular weight is 384 g/mol. The first kappa shape index (κ1) is 17.9. The number of hydrogen-bond donors (Lipinski definition) is 2. The summed E-state index contributed by atoms with van der Waals surface area (Å²) in [6.45, 7) is 1.46. The molecule has 140 valence electrons. The summed E-state index contributed by atoms with van der Waals surface area (Å²) in [6, 6.07) is 15.4. The first-order valence-corrected chi connectivity index (χ1v) is 9.45. The molecule has 3 aromatic rings. The maximum atomic E-state index is 12.8. The second-order valence-corrected chi connectivity index (χ2v) is 7.41. The smallest absolute Gasteiger partial charge is 0.270 e. The SMILES string of the molecule is CN1CCc2c(n(C[C@H](O)CNc3ccc(Cl)cc3)c3ccccc23)C1=O. The van der Waals surface area contributed by atoms with Crippen LogP contribution < -0.4 is 5.32 Å². The van der Waals surface area contributed by atoms with E-state index in [2.05, 4.69) is 11.4 Å². The fourth-order valence-corrected chi connectivity index (χ4v) is 3.83. The highest BCUT2D eigenvalue weighted by Crippen LogP contribution is 2.30. The number of carbonyl (C=O) groups is 1. The van der Waals surface area contributed by atoms with Crippen LogP contribution in [0.1, 0.15) is 16.1 Å². The molecule has 2 N–H and O–H groups in total. The highest BCUT2D eigenvalue weighted by atomic mass is 35.5. The lowest BCUT2D eigenvalue weighted by Gasteiger charge is -2.25. The number of hydrogen-bond acceptors (Lipinski definition) is 3. The van der Waals surface area contributed by atoms with Crippen LogP contribution >= 0.6 is 11.6 Å². The number of nitrogens with zero attached hydrogens (tertiary/aromatic N) is 2. The minimum atomic E-state index is -0.638. The van der Waals surface area contributed by atoms with Gasteiger partial charge in [0.2, 0.25) is 0 Å². The van der Waals surface area contributed by atoms with Gasteiger partial charge in [-0.1, -0.05) is 29.8 Å². The van der Waals surface area contributed by atoms with Gasteiger partial charge in [-0.2, -0.15) is 0 Å². The Bertz CT molecular complexity index is 981.